The van der Waals surface area contributed by atoms with Gasteiger partial charge >= 0.3 is 0 Å². The zero-order valence-corrected chi connectivity index (χ0v) is 15.7. The summed E-state index contributed by atoms with van der Waals surface area (Å²) in [5, 5.41) is 29.3. The first-order chi connectivity index (χ1) is 14.1. The molecule has 0 radical (unpaired) electrons. The molecule has 1 aromatic heterocycles. The van der Waals surface area contributed by atoms with Crippen LogP contribution in [0.15, 0.2) is 82.5 Å². The van der Waals surface area contributed by atoms with Crippen LogP contribution >= 0.6 is 11.6 Å². The highest BCUT2D eigenvalue weighted by Gasteiger charge is 2.34. The molecular formula is C21H14ClN5O2. The van der Waals surface area contributed by atoms with Crippen molar-refractivity contribution in [2.24, 2.45) is 16.0 Å². The lowest BCUT2D eigenvalue weighted by molar-refractivity contribution is 0.382. The Balaban J connectivity index is 1.85. The molecule has 3 N–H and O–H groups in total. The van der Waals surface area contributed by atoms with Crippen LogP contribution in [-0.2, 0) is 0 Å². The lowest BCUT2D eigenvalue weighted by Crippen LogP contribution is -2.21. The van der Waals surface area contributed by atoms with Gasteiger partial charge in [-0.05, 0) is 42.0 Å². The van der Waals surface area contributed by atoms with Crippen molar-refractivity contribution in [3.05, 3.63) is 88.4 Å². The topological polar surface area (TPSA) is 117 Å². The van der Waals surface area contributed by atoms with Gasteiger partial charge in [-0.1, -0.05) is 29.8 Å². The molecule has 1 aliphatic heterocycles. The van der Waals surface area contributed by atoms with Crippen LogP contribution in [0.5, 0.6) is 11.5 Å². The number of nitrogens with zero attached hydrogens (tertiary/aromatic N) is 4. The number of benzene rings is 2. The van der Waals surface area contributed by atoms with Crippen molar-refractivity contribution in [3.8, 4) is 17.6 Å². The molecule has 0 fully saturated rings. The van der Waals surface area contributed by atoms with Gasteiger partial charge < -0.3 is 15.6 Å². The number of phenolic OH excluding ortho intramolecular Hbond substituents is 1. The number of phenols is 1. The maximum atomic E-state index is 10.9. The second-order valence-corrected chi connectivity index (χ2v) is 6.65. The van der Waals surface area contributed by atoms with Crippen LogP contribution < -0.4 is 10.5 Å². The lowest BCUT2D eigenvalue weighted by atomic mass is 9.83. The van der Waals surface area contributed by atoms with E-state index in [0.29, 0.717) is 22.2 Å². The molecule has 7 nitrogen and oxygen atoms in total. The Morgan fingerprint density at radius 2 is 1.90 bits per heavy atom. The van der Waals surface area contributed by atoms with Crippen molar-refractivity contribution in [1.82, 2.24) is 4.98 Å². The summed E-state index contributed by atoms with van der Waals surface area (Å²) in [6.45, 7) is 0. The molecule has 2 heterocycles. The molecule has 8 heteroatoms. The normalized spacial score (nSPS) is 15.7. The number of nitrogens with two attached hydrogens (primary N) is 1. The zero-order chi connectivity index (χ0) is 20.4. The van der Waals surface area contributed by atoms with Crippen molar-refractivity contribution in [2.45, 2.75) is 5.92 Å². The van der Waals surface area contributed by atoms with Crippen LogP contribution in [0.4, 0.5) is 11.5 Å². The molecule has 0 saturated heterocycles. The summed E-state index contributed by atoms with van der Waals surface area (Å²) in [4.78, 5) is 4.07. The van der Waals surface area contributed by atoms with Gasteiger partial charge in [0.25, 0.3) is 0 Å². The first-order valence-electron chi connectivity index (χ1n) is 8.60. The number of aromatic nitrogens is 1. The van der Waals surface area contributed by atoms with Crippen LogP contribution in [0.25, 0.3) is 0 Å². The number of azo groups is 1. The largest absolute Gasteiger partial charge is 0.505 e. The van der Waals surface area contributed by atoms with Crippen molar-refractivity contribution < 1.29 is 9.84 Å². The van der Waals surface area contributed by atoms with E-state index in [9.17, 15) is 10.4 Å². The van der Waals surface area contributed by atoms with E-state index in [2.05, 4.69) is 21.3 Å². The van der Waals surface area contributed by atoms with Gasteiger partial charge in [0, 0.05) is 11.2 Å². The third-order valence-electron chi connectivity index (χ3n) is 4.45. The molecule has 3 aromatic rings. The van der Waals surface area contributed by atoms with E-state index in [4.69, 9.17) is 22.1 Å². The Morgan fingerprint density at radius 3 is 2.59 bits per heavy atom. The second kappa shape index (κ2) is 7.62. The minimum Gasteiger partial charge on any atom is -0.505 e. The predicted molar refractivity (Wildman–Crippen MR) is 107 cm³/mol. The molecule has 2 aromatic carbocycles. The average Bonchev–Trinajstić information content (AvgIpc) is 2.74. The molecule has 0 aliphatic carbocycles. The molecule has 29 heavy (non-hydrogen) atoms. The van der Waals surface area contributed by atoms with Crippen LogP contribution in [-0.4, -0.2) is 10.1 Å². The maximum Gasteiger partial charge on any atom is 0.205 e. The van der Waals surface area contributed by atoms with E-state index in [0.717, 1.165) is 5.56 Å². The molecule has 142 valence electrons. The fraction of sp³-hybridized carbons (Fsp3) is 0.0476. The minimum atomic E-state index is -0.633. The highest BCUT2D eigenvalue weighted by molar-refractivity contribution is 6.30. The maximum absolute atomic E-state index is 10.9. The Labute approximate surface area is 171 Å². The SMILES string of the molecule is N#CC1=C(N)Oc2ccc(N=Nc3ccccn3)c(O)c2C1c1ccc(Cl)cc1. The van der Waals surface area contributed by atoms with Gasteiger partial charge in [-0.2, -0.15) is 5.26 Å². The molecule has 4 rings (SSSR count). The smallest absolute Gasteiger partial charge is 0.205 e. The molecule has 0 bridgehead atoms. The number of halogens is 1. The Bertz CT molecular complexity index is 1170. The number of pyridine rings is 1. The average molecular weight is 404 g/mol. The van der Waals surface area contributed by atoms with Crippen LogP contribution in [0.2, 0.25) is 5.02 Å². The summed E-state index contributed by atoms with van der Waals surface area (Å²) in [5.41, 5.74) is 7.48. The van der Waals surface area contributed by atoms with E-state index in [1.54, 1.807) is 60.8 Å². The standard InChI is InChI=1S/C21H14ClN5O2/c22-13-6-4-12(5-7-13)18-14(11-23)21(24)29-16-9-8-15(20(28)19(16)18)26-27-17-3-1-2-10-25-17/h1-10,18,28H,24H2. The first-order valence-corrected chi connectivity index (χ1v) is 8.98. The Kier molecular flexibility index (Phi) is 4.85. The third kappa shape index (κ3) is 3.49. The molecule has 1 unspecified atom stereocenters. The number of aromatic hydroxyl groups is 1. The van der Waals surface area contributed by atoms with Crippen LogP contribution in [0.1, 0.15) is 17.0 Å². The summed E-state index contributed by atoms with van der Waals surface area (Å²) in [6, 6.07) is 17.5. The van der Waals surface area contributed by atoms with Gasteiger partial charge in [-0.3, -0.25) is 0 Å². The van der Waals surface area contributed by atoms with Gasteiger partial charge in [0.1, 0.15) is 23.1 Å². The molecule has 1 atom stereocenters. The molecule has 1 aliphatic rings. The van der Waals surface area contributed by atoms with Crippen LogP contribution in [0.3, 0.4) is 0 Å². The lowest BCUT2D eigenvalue weighted by Gasteiger charge is -2.27. The summed E-state index contributed by atoms with van der Waals surface area (Å²) in [7, 11) is 0. The quantitative estimate of drug-likeness (QED) is 0.591. The monoisotopic (exact) mass is 403 g/mol. The van der Waals surface area contributed by atoms with Gasteiger partial charge in [0.15, 0.2) is 11.6 Å². The predicted octanol–water partition coefficient (Wildman–Crippen LogP) is 5.07. The molecular weight excluding hydrogens is 390 g/mol. The van der Waals surface area contributed by atoms with E-state index in [1.807, 2.05) is 0 Å². The van der Waals surface area contributed by atoms with Gasteiger partial charge in [-0.25, -0.2) is 4.98 Å². The molecule has 0 amide bonds. The van der Waals surface area contributed by atoms with E-state index in [-0.39, 0.29) is 22.9 Å². The third-order valence-corrected chi connectivity index (χ3v) is 4.70. The number of ether oxygens (including phenoxy) is 1. The van der Waals surface area contributed by atoms with Crippen molar-refractivity contribution in [3.63, 3.8) is 0 Å². The highest BCUT2D eigenvalue weighted by Crippen LogP contribution is 2.49. The van der Waals surface area contributed by atoms with Crippen molar-refractivity contribution in [1.29, 1.82) is 5.26 Å². The molecule has 0 saturated carbocycles. The summed E-state index contributed by atoms with van der Waals surface area (Å²) >= 11 is 6.00. The van der Waals surface area contributed by atoms with Crippen molar-refractivity contribution >= 4 is 23.1 Å². The number of rotatable bonds is 3. The Hall–Kier alpha value is -3.89. The summed E-state index contributed by atoms with van der Waals surface area (Å²) in [6.07, 6.45) is 1.60. The fourth-order valence-electron chi connectivity index (χ4n) is 3.11. The molecule has 0 spiro atoms. The number of allylic oxidation sites excluding steroid dienone is 1. The van der Waals surface area contributed by atoms with E-state index >= 15 is 0 Å². The zero-order valence-electron chi connectivity index (χ0n) is 15.0. The van der Waals surface area contributed by atoms with Gasteiger partial charge in [-0.15, -0.1) is 10.2 Å². The van der Waals surface area contributed by atoms with E-state index < -0.39 is 5.92 Å². The second-order valence-electron chi connectivity index (χ2n) is 6.21. The number of hydrogen-bond donors (Lipinski definition) is 2. The summed E-state index contributed by atoms with van der Waals surface area (Å²) in [5.74, 6) is -0.0525. The number of fused-ring (bicyclic) bond motifs is 1. The van der Waals surface area contributed by atoms with Crippen LogP contribution in [0, 0.1) is 11.3 Å². The number of nitriles is 1. The summed E-state index contributed by atoms with van der Waals surface area (Å²) < 4.78 is 5.57. The highest BCUT2D eigenvalue weighted by atomic mass is 35.5. The Morgan fingerprint density at radius 1 is 1.10 bits per heavy atom. The first kappa shape index (κ1) is 18.5. The number of hydrogen-bond acceptors (Lipinski definition) is 7. The van der Waals surface area contributed by atoms with Gasteiger partial charge in [0.2, 0.25) is 5.88 Å². The minimum absolute atomic E-state index is 0.0118. The van der Waals surface area contributed by atoms with E-state index in [1.165, 1.54) is 0 Å². The van der Waals surface area contributed by atoms with Gasteiger partial charge in [0.05, 0.1) is 11.5 Å². The van der Waals surface area contributed by atoms with Crippen molar-refractivity contribution in [2.75, 3.05) is 0 Å². The fourth-order valence-corrected chi connectivity index (χ4v) is 3.24.